The highest BCUT2D eigenvalue weighted by atomic mass is 19.4. The zero-order valence-corrected chi connectivity index (χ0v) is 29.6. The van der Waals surface area contributed by atoms with Gasteiger partial charge in [0.25, 0.3) is 5.97 Å². The van der Waals surface area contributed by atoms with Gasteiger partial charge in [-0.2, -0.15) is 13.2 Å². The predicted octanol–water partition coefficient (Wildman–Crippen LogP) is 4.35. The van der Waals surface area contributed by atoms with Gasteiger partial charge in [-0.15, -0.1) is 0 Å². The quantitative estimate of drug-likeness (QED) is 0.121. The fraction of sp³-hybridized carbons (Fsp3) is 0.200. The number of aromatic nitrogens is 6. The minimum Gasteiger partial charge on any atom is -0.481 e. The fourth-order valence-corrected chi connectivity index (χ4v) is 4.51. The first-order chi connectivity index (χ1) is 26.6. The van der Waals surface area contributed by atoms with Crippen LogP contribution in [-0.4, -0.2) is 81.6 Å². The predicted molar refractivity (Wildman–Crippen MR) is 191 cm³/mol. The van der Waals surface area contributed by atoms with Crippen LogP contribution < -0.4 is 20.9 Å². The molecule has 6 rings (SSSR count). The number of carbonyl (C=O) groups is 4. The summed E-state index contributed by atoms with van der Waals surface area (Å²) >= 11 is 0. The summed E-state index contributed by atoms with van der Waals surface area (Å²) in [6, 6.07) is 18.1. The SMILES string of the molecule is CC(=O)O.COC(=O)Cn1ccc2c(Oc3cc(CN)ncn3)cccc21.NCc1cc(Oc2cccc3c2ccn3CC(=O)O)ncn1.O=C(O)C(F)(F)F. The Kier molecular flexibility index (Phi) is 15.7. The third-order valence-electron chi connectivity index (χ3n) is 6.87. The zero-order chi connectivity index (χ0) is 41.4. The van der Waals surface area contributed by atoms with Crippen LogP contribution in [0.2, 0.25) is 0 Å². The van der Waals surface area contributed by atoms with E-state index in [1.54, 1.807) is 39.6 Å². The number of ether oxygens (including phenoxy) is 3. The maximum absolute atomic E-state index is 11.5. The first-order valence-electron chi connectivity index (χ1n) is 15.9. The topological polar surface area (TPSA) is 270 Å². The third kappa shape index (κ3) is 13.1. The highest BCUT2D eigenvalue weighted by Gasteiger charge is 2.38. The molecule has 0 aliphatic rings. The number of benzene rings is 2. The summed E-state index contributed by atoms with van der Waals surface area (Å²) < 4.78 is 51.5. The van der Waals surface area contributed by atoms with Crippen molar-refractivity contribution in [1.29, 1.82) is 0 Å². The number of halogens is 3. The highest BCUT2D eigenvalue weighted by molar-refractivity contribution is 5.88. The zero-order valence-electron chi connectivity index (χ0n) is 29.6. The van der Waals surface area contributed by atoms with Gasteiger partial charge in [0.15, 0.2) is 0 Å². The van der Waals surface area contributed by atoms with Gasteiger partial charge in [-0.25, -0.2) is 24.7 Å². The molecule has 0 spiro atoms. The van der Waals surface area contributed by atoms with Gasteiger partial charge in [0, 0.05) is 55.3 Å². The Morgan fingerprint density at radius 1 is 0.714 bits per heavy atom. The summed E-state index contributed by atoms with van der Waals surface area (Å²) in [5, 5.41) is 25.2. The summed E-state index contributed by atoms with van der Waals surface area (Å²) in [5.74, 6) is -2.73. The number of esters is 1. The summed E-state index contributed by atoms with van der Waals surface area (Å²) in [6.07, 6.45) is 1.27. The van der Waals surface area contributed by atoms with E-state index in [-0.39, 0.29) is 19.1 Å². The average Bonchev–Trinajstić information content (AvgIpc) is 3.76. The first-order valence-corrected chi connectivity index (χ1v) is 15.9. The van der Waals surface area contributed by atoms with Gasteiger partial charge in [-0.3, -0.25) is 14.4 Å². The van der Waals surface area contributed by atoms with E-state index < -0.39 is 24.1 Å². The second-order valence-electron chi connectivity index (χ2n) is 10.9. The first kappa shape index (κ1) is 43.3. The van der Waals surface area contributed by atoms with E-state index in [4.69, 9.17) is 50.6 Å². The van der Waals surface area contributed by atoms with Crippen molar-refractivity contribution in [2.24, 2.45) is 11.5 Å². The summed E-state index contributed by atoms with van der Waals surface area (Å²) in [5.41, 5.74) is 14.2. The van der Waals surface area contributed by atoms with Gasteiger partial charge in [0.05, 0.1) is 29.5 Å². The van der Waals surface area contributed by atoms with Crippen LogP contribution in [0.3, 0.4) is 0 Å². The van der Waals surface area contributed by atoms with Crippen LogP contribution in [0.5, 0.6) is 23.3 Å². The Morgan fingerprint density at radius 2 is 1.12 bits per heavy atom. The molecule has 0 atom stereocenters. The smallest absolute Gasteiger partial charge is 0.481 e. The molecule has 0 saturated heterocycles. The standard InChI is InChI=1S/C16H16N4O3.C15H14N4O3.C2HF3O2.C2H4O2/c1-22-16(21)9-20-6-5-12-13(20)3-2-4-14(12)23-15-7-11(8-17)18-10-19-15;16-7-10-6-14(18-9-17-10)22-13-3-1-2-12-11(13)4-5-19(12)8-15(20)21;3-2(4,5)1(6)7;1-2(3)4/h2-7,10H,8-9,17H2,1H3;1-6,9H,7-8,16H2,(H,20,21);(H,6,7);1H3,(H,3,4). The number of methoxy groups -OCH3 is 1. The molecule has 0 fully saturated rings. The van der Waals surface area contributed by atoms with Crippen molar-refractivity contribution < 1.29 is 61.9 Å². The molecule has 0 amide bonds. The van der Waals surface area contributed by atoms with Gasteiger partial charge in [0.1, 0.15) is 37.2 Å². The number of carboxylic acids is 3. The normalized spacial score (nSPS) is 10.5. The van der Waals surface area contributed by atoms with Gasteiger partial charge >= 0.3 is 24.1 Å². The van der Waals surface area contributed by atoms with Crippen molar-refractivity contribution in [1.82, 2.24) is 29.1 Å². The maximum Gasteiger partial charge on any atom is 0.490 e. The van der Waals surface area contributed by atoms with Crippen LogP contribution in [-0.2, 0) is 50.1 Å². The van der Waals surface area contributed by atoms with E-state index >= 15 is 0 Å². The van der Waals surface area contributed by atoms with E-state index in [0.717, 1.165) is 28.7 Å². The molecular weight excluding hydrogens is 749 g/mol. The van der Waals surface area contributed by atoms with E-state index in [1.807, 2.05) is 42.6 Å². The third-order valence-corrected chi connectivity index (χ3v) is 6.87. The minimum atomic E-state index is -5.08. The van der Waals surface area contributed by atoms with E-state index in [9.17, 15) is 22.8 Å². The second-order valence-corrected chi connectivity index (χ2v) is 10.9. The maximum atomic E-state index is 11.5. The van der Waals surface area contributed by atoms with Crippen molar-refractivity contribution in [3.63, 3.8) is 0 Å². The van der Waals surface area contributed by atoms with Crippen LogP contribution >= 0.6 is 0 Å². The molecule has 0 aliphatic heterocycles. The largest absolute Gasteiger partial charge is 0.490 e. The number of carbonyl (C=O) groups excluding carboxylic acids is 1. The summed E-state index contributed by atoms with van der Waals surface area (Å²) in [7, 11) is 1.37. The molecule has 18 nitrogen and oxygen atoms in total. The Labute approximate surface area is 314 Å². The molecule has 56 heavy (non-hydrogen) atoms. The van der Waals surface area contributed by atoms with Crippen LogP contribution in [0.1, 0.15) is 18.3 Å². The van der Waals surface area contributed by atoms with Crippen molar-refractivity contribution >= 4 is 45.7 Å². The number of carboxylic acid groups (broad SMARTS) is 3. The second kappa shape index (κ2) is 20.4. The van der Waals surface area contributed by atoms with Gasteiger partial charge in [-0.05, 0) is 36.4 Å². The molecular formula is C35H35F3N8O10. The van der Waals surface area contributed by atoms with Crippen molar-refractivity contribution in [3.8, 4) is 23.3 Å². The minimum absolute atomic E-state index is 0.0994. The fourth-order valence-electron chi connectivity index (χ4n) is 4.51. The van der Waals surface area contributed by atoms with Crippen LogP contribution in [0.15, 0.2) is 85.7 Å². The number of hydrogen-bond acceptors (Lipinski definition) is 13. The molecule has 0 aliphatic carbocycles. The Morgan fingerprint density at radius 3 is 1.48 bits per heavy atom. The molecule has 4 heterocycles. The molecule has 0 unspecified atom stereocenters. The van der Waals surface area contributed by atoms with E-state index in [2.05, 4.69) is 19.9 Å². The molecule has 6 aromatic rings. The highest BCUT2D eigenvalue weighted by Crippen LogP contribution is 2.31. The van der Waals surface area contributed by atoms with Gasteiger partial charge in [0.2, 0.25) is 11.8 Å². The monoisotopic (exact) mass is 784 g/mol. The Bertz CT molecular complexity index is 2270. The molecule has 296 valence electrons. The number of fused-ring (bicyclic) bond motifs is 2. The lowest BCUT2D eigenvalue weighted by molar-refractivity contribution is -0.192. The lowest BCUT2D eigenvalue weighted by Gasteiger charge is -2.08. The Balaban J connectivity index is 0.000000238. The molecule has 4 aromatic heterocycles. The lowest BCUT2D eigenvalue weighted by atomic mass is 10.2. The summed E-state index contributed by atoms with van der Waals surface area (Å²) in [6.45, 7) is 1.75. The molecule has 7 N–H and O–H groups in total. The molecule has 0 saturated carbocycles. The van der Waals surface area contributed by atoms with E-state index in [1.165, 1.54) is 19.8 Å². The molecule has 0 radical (unpaired) electrons. The Hall–Kier alpha value is -7.13. The van der Waals surface area contributed by atoms with Crippen LogP contribution in [0.4, 0.5) is 13.2 Å². The molecule has 2 aromatic carbocycles. The number of hydrogen-bond donors (Lipinski definition) is 5. The van der Waals surface area contributed by atoms with Gasteiger partial charge in [-0.1, -0.05) is 12.1 Å². The van der Waals surface area contributed by atoms with Crippen LogP contribution in [0.25, 0.3) is 21.8 Å². The number of rotatable bonds is 10. The van der Waals surface area contributed by atoms with Crippen molar-refractivity contribution in [3.05, 3.63) is 97.1 Å². The molecule has 21 heteroatoms. The van der Waals surface area contributed by atoms with Crippen molar-refractivity contribution in [2.75, 3.05) is 7.11 Å². The number of nitrogens with zero attached hydrogens (tertiary/aromatic N) is 6. The van der Waals surface area contributed by atoms with Crippen LogP contribution in [0, 0.1) is 0 Å². The summed E-state index contributed by atoms with van der Waals surface area (Å²) in [4.78, 5) is 56.4. The number of alkyl halides is 3. The average molecular weight is 785 g/mol. The van der Waals surface area contributed by atoms with E-state index in [0.29, 0.717) is 47.7 Å². The lowest BCUT2D eigenvalue weighted by Crippen LogP contribution is -2.21. The number of nitrogens with two attached hydrogens (primary N) is 2. The molecule has 0 bridgehead atoms. The van der Waals surface area contributed by atoms with Crippen molar-refractivity contribution in [2.45, 2.75) is 39.3 Å². The number of aliphatic carboxylic acids is 3. The van der Waals surface area contributed by atoms with Gasteiger partial charge < -0.3 is 50.1 Å².